The maximum absolute atomic E-state index is 12.8. The number of amides is 2. The van der Waals surface area contributed by atoms with E-state index < -0.39 is 21.7 Å². The minimum absolute atomic E-state index is 0.00774. The average molecular weight is 408 g/mol. The SMILES string of the molecule is CC(NCC(=O)NCC(=O)Nc1ccc(F)cc1)c1ccc(S(N)(=O)=O)cc1. The summed E-state index contributed by atoms with van der Waals surface area (Å²) in [6.07, 6.45) is 0. The summed E-state index contributed by atoms with van der Waals surface area (Å²) >= 11 is 0. The number of sulfonamides is 1. The lowest BCUT2D eigenvalue weighted by molar-refractivity contribution is -0.123. The number of hydrogen-bond donors (Lipinski definition) is 4. The number of nitrogens with one attached hydrogen (secondary N) is 3. The number of nitrogens with two attached hydrogens (primary N) is 1. The van der Waals surface area contributed by atoms with Crippen LogP contribution in [0.15, 0.2) is 53.4 Å². The van der Waals surface area contributed by atoms with Gasteiger partial charge in [0, 0.05) is 11.7 Å². The van der Waals surface area contributed by atoms with Crippen LogP contribution in [0.2, 0.25) is 0 Å². The summed E-state index contributed by atoms with van der Waals surface area (Å²) in [6.45, 7) is 1.54. The van der Waals surface area contributed by atoms with Crippen LogP contribution in [0.5, 0.6) is 0 Å². The molecule has 150 valence electrons. The number of primary sulfonamides is 1. The number of anilines is 1. The highest BCUT2D eigenvalue weighted by molar-refractivity contribution is 7.89. The molecule has 28 heavy (non-hydrogen) atoms. The van der Waals surface area contributed by atoms with E-state index >= 15 is 0 Å². The molecule has 0 aliphatic rings. The molecule has 1 atom stereocenters. The zero-order valence-electron chi connectivity index (χ0n) is 15.1. The van der Waals surface area contributed by atoms with Gasteiger partial charge in [-0.3, -0.25) is 9.59 Å². The molecule has 10 heteroatoms. The van der Waals surface area contributed by atoms with Gasteiger partial charge in [-0.05, 0) is 48.9 Å². The third kappa shape index (κ3) is 6.72. The molecule has 5 N–H and O–H groups in total. The van der Waals surface area contributed by atoms with Crippen molar-refractivity contribution >= 4 is 27.5 Å². The quantitative estimate of drug-likeness (QED) is 0.515. The van der Waals surface area contributed by atoms with Crippen LogP contribution in [0.3, 0.4) is 0 Å². The molecule has 0 fully saturated rings. The first kappa shape index (κ1) is 21.5. The second-order valence-electron chi connectivity index (χ2n) is 6.05. The summed E-state index contributed by atoms with van der Waals surface area (Å²) in [5, 5.41) is 13.0. The summed E-state index contributed by atoms with van der Waals surface area (Å²) in [6, 6.07) is 11.0. The van der Waals surface area contributed by atoms with Crippen molar-refractivity contribution in [2.75, 3.05) is 18.4 Å². The van der Waals surface area contributed by atoms with Crippen LogP contribution in [-0.4, -0.2) is 33.3 Å². The summed E-state index contributed by atoms with van der Waals surface area (Å²) in [7, 11) is -3.75. The van der Waals surface area contributed by atoms with Gasteiger partial charge < -0.3 is 16.0 Å². The summed E-state index contributed by atoms with van der Waals surface area (Å²) in [5.41, 5.74) is 1.20. The molecular weight excluding hydrogens is 387 g/mol. The van der Waals surface area contributed by atoms with E-state index in [1.54, 1.807) is 19.1 Å². The molecule has 2 aromatic carbocycles. The van der Waals surface area contributed by atoms with Gasteiger partial charge in [0.15, 0.2) is 0 Å². The van der Waals surface area contributed by atoms with E-state index in [-0.39, 0.29) is 29.9 Å². The van der Waals surface area contributed by atoms with Crippen molar-refractivity contribution < 1.29 is 22.4 Å². The van der Waals surface area contributed by atoms with Gasteiger partial charge in [-0.25, -0.2) is 17.9 Å². The Hall–Kier alpha value is -2.82. The Kier molecular flexibility index (Phi) is 7.21. The fourth-order valence-corrected chi connectivity index (χ4v) is 2.81. The second kappa shape index (κ2) is 9.40. The predicted molar refractivity (Wildman–Crippen MR) is 102 cm³/mol. The van der Waals surface area contributed by atoms with E-state index in [0.717, 1.165) is 5.56 Å². The van der Waals surface area contributed by atoms with E-state index in [9.17, 15) is 22.4 Å². The van der Waals surface area contributed by atoms with Gasteiger partial charge in [-0.2, -0.15) is 0 Å². The highest BCUT2D eigenvalue weighted by Gasteiger charge is 2.11. The van der Waals surface area contributed by atoms with Gasteiger partial charge in [0.25, 0.3) is 0 Å². The molecule has 0 saturated carbocycles. The Morgan fingerprint density at radius 2 is 1.61 bits per heavy atom. The van der Waals surface area contributed by atoms with Gasteiger partial charge in [-0.15, -0.1) is 0 Å². The van der Waals surface area contributed by atoms with Crippen LogP contribution < -0.4 is 21.1 Å². The van der Waals surface area contributed by atoms with E-state index in [1.807, 2.05) is 0 Å². The lowest BCUT2D eigenvalue weighted by Crippen LogP contribution is -2.39. The Bertz CT molecular complexity index is 931. The first-order valence-corrected chi connectivity index (χ1v) is 9.88. The smallest absolute Gasteiger partial charge is 0.243 e. The first-order valence-electron chi connectivity index (χ1n) is 8.33. The molecule has 1 unspecified atom stereocenters. The van der Waals surface area contributed by atoms with E-state index in [2.05, 4.69) is 16.0 Å². The van der Waals surface area contributed by atoms with Crippen molar-refractivity contribution in [1.29, 1.82) is 0 Å². The van der Waals surface area contributed by atoms with Crippen LogP contribution in [0, 0.1) is 5.82 Å². The Morgan fingerprint density at radius 3 is 2.18 bits per heavy atom. The highest BCUT2D eigenvalue weighted by Crippen LogP contribution is 2.15. The predicted octanol–water partition coefficient (Wildman–Crippen LogP) is 0.879. The van der Waals surface area contributed by atoms with Gasteiger partial charge >= 0.3 is 0 Å². The van der Waals surface area contributed by atoms with Gasteiger partial charge in [0.2, 0.25) is 21.8 Å². The zero-order chi connectivity index (χ0) is 20.7. The molecule has 0 heterocycles. The molecule has 2 aromatic rings. The fourth-order valence-electron chi connectivity index (χ4n) is 2.29. The van der Waals surface area contributed by atoms with Crippen molar-refractivity contribution in [3.63, 3.8) is 0 Å². The second-order valence-corrected chi connectivity index (χ2v) is 7.61. The summed E-state index contributed by atoms with van der Waals surface area (Å²) < 4.78 is 35.3. The maximum Gasteiger partial charge on any atom is 0.243 e. The van der Waals surface area contributed by atoms with E-state index in [1.165, 1.54) is 36.4 Å². The number of halogens is 1. The van der Waals surface area contributed by atoms with Crippen LogP contribution in [0.1, 0.15) is 18.5 Å². The molecule has 0 bridgehead atoms. The molecule has 0 aliphatic carbocycles. The lowest BCUT2D eigenvalue weighted by atomic mass is 10.1. The van der Waals surface area contributed by atoms with Crippen molar-refractivity contribution in [2.45, 2.75) is 17.9 Å². The minimum atomic E-state index is -3.75. The molecule has 8 nitrogen and oxygen atoms in total. The Morgan fingerprint density at radius 1 is 1.00 bits per heavy atom. The third-order valence-corrected chi connectivity index (χ3v) is 4.78. The Balaban J connectivity index is 1.75. The number of carbonyl (C=O) groups is 2. The summed E-state index contributed by atoms with van der Waals surface area (Å²) in [5.74, 6) is -1.24. The average Bonchev–Trinajstić information content (AvgIpc) is 2.65. The molecule has 0 aliphatic heterocycles. The lowest BCUT2D eigenvalue weighted by Gasteiger charge is -2.14. The van der Waals surface area contributed by atoms with Crippen LogP contribution in [0.4, 0.5) is 10.1 Å². The summed E-state index contributed by atoms with van der Waals surface area (Å²) in [4.78, 5) is 23.6. The van der Waals surface area contributed by atoms with Crippen molar-refractivity contribution in [3.8, 4) is 0 Å². The van der Waals surface area contributed by atoms with Crippen molar-refractivity contribution in [1.82, 2.24) is 10.6 Å². The van der Waals surface area contributed by atoms with Gasteiger partial charge in [-0.1, -0.05) is 12.1 Å². The van der Waals surface area contributed by atoms with Crippen molar-refractivity contribution in [2.24, 2.45) is 5.14 Å². The first-order chi connectivity index (χ1) is 13.1. The monoisotopic (exact) mass is 408 g/mol. The fraction of sp³-hybridized carbons (Fsp3) is 0.222. The normalized spacial score (nSPS) is 12.2. The molecular formula is C18H21FN4O4S. The molecule has 2 amide bonds. The topological polar surface area (TPSA) is 130 Å². The van der Waals surface area contributed by atoms with E-state index in [4.69, 9.17) is 5.14 Å². The van der Waals surface area contributed by atoms with Crippen LogP contribution >= 0.6 is 0 Å². The number of benzene rings is 2. The minimum Gasteiger partial charge on any atom is -0.346 e. The van der Waals surface area contributed by atoms with Crippen molar-refractivity contribution in [3.05, 3.63) is 59.9 Å². The number of carbonyl (C=O) groups excluding carboxylic acids is 2. The van der Waals surface area contributed by atoms with Crippen LogP contribution in [-0.2, 0) is 19.6 Å². The molecule has 0 aromatic heterocycles. The molecule has 2 rings (SSSR count). The maximum atomic E-state index is 12.8. The zero-order valence-corrected chi connectivity index (χ0v) is 15.9. The van der Waals surface area contributed by atoms with Gasteiger partial charge in [0.05, 0.1) is 18.0 Å². The van der Waals surface area contributed by atoms with E-state index in [0.29, 0.717) is 5.69 Å². The molecule has 0 saturated heterocycles. The van der Waals surface area contributed by atoms with Gasteiger partial charge in [0.1, 0.15) is 5.82 Å². The number of hydrogen-bond acceptors (Lipinski definition) is 5. The third-order valence-electron chi connectivity index (χ3n) is 3.85. The molecule has 0 radical (unpaired) electrons. The van der Waals surface area contributed by atoms with Crippen LogP contribution in [0.25, 0.3) is 0 Å². The largest absolute Gasteiger partial charge is 0.346 e. The standard InChI is InChI=1S/C18H21FN4O4S/c1-12(13-2-8-16(9-3-13)28(20,26)27)21-10-17(24)22-11-18(25)23-15-6-4-14(19)5-7-15/h2-9,12,21H,10-11H2,1H3,(H,22,24)(H,23,25)(H2,20,26,27). The molecule has 0 spiro atoms. The number of rotatable bonds is 8. The highest BCUT2D eigenvalue weighted by atomic mass is 32.2. The Labute approximate surface area is 162 Å².